The highest BCUT2D eigenvalue weighted by molar-refractivity contribution is 5.75. The van der Waals surface area contributed by atoms with Crippen LogP contribution in [0.3, 0.4) is 0 Å². The molecule has 0 spiro atoms. The predicted octanol–water partition coefficient (Wildman–Crippen LogP) is 0.668. The van der Waals surface area contributed by atoms with Gasteiger partial charge in [0.15, 0.2) is 0 Å². The van der Waals surface area contributed by atoms with Crippen LogP contribution in [0.15, 0.2) is 0 Å². The number of nitrogens with zero attached hydrogens (tertiary/aromatic N) is 1. The van der Waals surface area contributed by atoms with Crippen LogP contribution in [-0.4, -0.2) is 42.0 Å². The van der Waals surface area contributed by atoms with Crippen molar-refractivity contribution in [3.63, 3.8) is 0 Å². The zero-order valence-corrected chi connectivity index (χ0v) is 8.21. The Morgan fingerprint density at radius 2 is 2.17 bits per heavy atom. The molecule has 1 unspecified atom stereocenters. The first-order valence-electron chi connectivity index (χ1n) is 4.38. The van der Waals surface area contributed by atoms with Gasteiger partial charge in [0.1, 0.15) is 5.78 Å². The quantitative estimate of drug-likeness (QED) is 0.641. The van der Waals surface area contributed by atoms with Crippen LogP contribution < -0.4 is 0 Å². The van der Waals surface area contributed by atoms with Gasteiger partial charge < -0.3 is 14.8 Å². The molecule has 1 atom stereocenters. The molecule has 0 rings (SSSR count). The minimum Gasteiger partial charge on any atom is -0.392 e. The maximum Gasteiger partial charge on any atom is 0.129 e. The van der Waals surface area contributed by atoms with E-state index in [0.29, 0.717) is 13.0 Å². The molecule has 0 amide bonds. The number of carbonyl (C=O) groups excluding carboxylic acids is 1. The second-order valence-corrected chi connectivity index (χ2v) is 3.42. The zero-order chi connectivity index (χ0) is 9.56. The van der Waals surface area contributed by atoms with E-state index >= 15 is 0 Å². The largest absolute Gasteiger partial charge is 0.392 e. The summed E-state index contributed by atoms with van der Waals surface area (Å²) >= 11 is 0. The lowest BCUT2D eigenvalue weighted by Crippen LogP contribution is -2.28. The molecule has 0 radical (unpaired) electrons. The summed E-state index contributed by atoms with van der Waals surface area (Å²) in [7, 11) is 1.95. The first-order valence-corrected chi connectivity index (χ1v) is 4.38. The van der Waals surface area contributed by atoms with E-state index in [0.717, 1.165) is 13.0 Å². The maximum atomic E-state index is 10.6. The van der Waals surface area contributed by atoms with Gasteiger partial charge in [-0.1, -0.05) is 0 Å². The van der Waals surface area contributed by atoms with Crippen molar-refractivity contribution >= 4 is 5.78 Å². The lowest BCUT2D eigenvalue weighted by Gasteiger charge is -2.17. The number of carbonyl (C=O) groups is 1. The van der Waals surface area contributed by atoms with E-state index in [2.05, 4.69) is 0 Å². The highest BCUT2D eigenvalue weighted by atomic mass is 16.3. The first kappa shape index (κ1) is 11.6. The second kappa shape index (κ2) is 6.14. The van der Waals surface area contributed by atoms with Gasteiger partial charge in [0, 0.05) is 13.0 Å². The van der Waals surface area contributed by atoms with Crippen LogP contribution in [-0.2, 0) is 4.79 Å². The van der Waals surface area contributed by atoms with Crippen LogP contribution in [0.4, 0.5) is 0 Å². The molecular weight excluding hydrogens is 154 g/mol. The second-order valence-electron chi connectivity index (χ2n) is 3.42. The molecule has 12 heavy (non-hydrogen) atoms. The Morgan fingerprint density at radius 1 is 1.58 bits per heavy atom. The summed E-state index contributed by atoms with van der Waals surface area (Å²) in [5, 5.41) is 9.02. The molecule has 0 bridgehead atoms. The van der Waals surface area contributed by atoms with Gasteiger partial charge in [-0.3, -0.25) is 0 Å². The minimum absolute atomic E-state index is 0.237. The molecular formula is C9H19NO2. The standard InChI is InChI=1S/C9H19NO2/c1-8(11)5-4-6-10(3)7-9(2)12/h9,12H,4-7H2,1-3H3. The van der Waals surface area contributed by atoms with Crippen molar-refractivity contribution in [3.8, 4) is 0 Å². The van der Waals surface area contributed by atoms with Gasteiger partial charge in [0.2, 0.25) is 0 Å². The fourth-order valence-electron chi connectivity index (χ4n) is 1.14. The average molecular weight is 173 g/mol. The molecule has 0 heterocycles. The lowest BCUT2D eigenvalue weighted by molar-refractivity contribution is -0.117. The molecule has 0 aliphatic heterocycles. The summed E-state index contributed by atoms with van der Waals surface area (Å²) in [4.78, 5) is 12.6. The smallest absolute Gasteiger partial charge is 0.129 e. The summed E-state index contributed by atoms with van der Waals surface area (Å²) in [6, 6.07) is 0. The molecule has 0 aliphatic rings. The normalized spacial score (nSPS) is 13.4. The lowest BCUT2D eigenvalue weighted by atomic mass is 10.2. The van der Waals surface area contributed by atoms with Gasteiger partial charge in [0.05, 0.1) is 6.10 Å². The Bertz CT molecular complexity index is 134. The third kappa shape index (κ3) is 7.69. The Hall–Kier alpha value is -0.410. The zero-order valence-electron chi connectivity index (χ0n) is 8.21. The molecule has 0 aromatic heterocycles. The van der Waals surface area contributed by atoms with Crippen molar-refractivity contribution in [1.82, 2.24) is 4.90 Å². The summed E-state index contributed by atoms with van der Waals surface area (Å²) in [5.41, 5.74) is 0. The number of likely N-dealkylation sites (N-methyl/N-ethyl adjacent to an activating group) is 1. The topological polar surface area (TPSA) is 40.5 Å². The fraction of sp³-hybridized carbons (Fsp3) is 0.889. The molecule has 1 N–H and O–H groups in total. The number of aliphatic hydroxyl groups excluding tert-OH is 1. The Morgan fingerprint density at radius 3 is 2.58 bits per heavy atom. The molecule has 0 aliphatic carbocycles. The van der Waals surface area contributed by atoms with Crippen molar-refractivity contribution in [2.24, 2.45) is 0 Å². The van der Waals surface area contributed by atoms with Gasteiger partial charge in [-0.25, -0.2) is 0 Å². The number of ketones is 1. The van der Waals surface area contributed by atoms with Crippen molar-refractivity contribution in [3.05, 3.63) is 0 Å². The number of aliphatic hydroxyl groups is 1. The van der Waals surface area contributed by atoms with Gasteiger partial charge in [0.25, 0.3) is 0 Å². The van der Waals surface area contributed by atoms with Crippen molar-refractivity contribution in [1.29, 1.82) is 0 Å². The van der Waals surface area contributed by atoms with E-state index in [-0.39, 0.29) is 11.9 Å². The SMILES string of the molecule is CC(=O)CCCN(C)CC(C)O. The molecule has 3 heteroatoms. The Labute approximate surface area is 74.4 Å². The number of Topliss-reactive ketones (excluding diaryl/α,β-unsaturated/α-hetero) is 1. The predicted molar refractivity (Wildman–Crippen MR) is 49.1 cm³/mol. The van der Waals surface area contributed by atoms with Crippen LogP contribution >= 0.6 is 0 Å². The van der Waals surface area contributed by atoms with Crippen LogP contribution in [0.1, 0.15) is 26.7 Å². The molecule has 72 valence electrons. The summed E-state index contributed by atoms with van der Waals surface area (Å²) in [6.07, 6.45) is 1.25. The van der Waals surface area contributed by atoms with Gasteiger partial charge in [-0.05, 0) is 33.9 Å². The van der Waals surface area contributed by atoms with Crippen LogP contribution in [0, 0.1) is 0 Å². The van der Waals surface area contributed by atoms with Gasteiger partial charge in [-0.15, -0.1) is 0 Å². The fourth-order valence-corrected chi connectivity index (χ4v) is 1.14. The molecule has 0 fully saturated rings. The van der Waals surface area contributed by atoms with Crippen LogP contribution in [0.5, 0.6) is 0 Å². The van der Waals surface area contributed by atoms with Crippen molar-refractivity contribution in [2.75, 3.05) is 20.1 Å². The van der Waals surface area contributed by atoms with Gasteiger partial charge in [-0.2, -0.15) is 0 Å². The average Bonchev–Trinajstić information content (AvgIpc) is 1.84. The van der Waals surface area contributed by atoms with Crippen LogP contribution in [0.2, 0.25) is 0 Å². The van der Waals surface area contributed by atoms with E-state index in [1.807, 2.05) is 11.9 Å². The number of hydrogen-bond acceptors (Lipinski definition) is 3. The molecule has 0 saturated carbocycles. The molecule has 0 aromatic carbocycles. The minimum atomic E-state index is -0.285. The molecule has 0 saturated heterocycles. The summed E-state index contributed by atoms with van der Waals surface area (Å²) in [5.74, 6) is 0.237. The summed E-state index contributed by atoms with van der Waals surface area (Å²) in [6.45, 7) is 4.93. The van der Waals surface area contributed by atoms with E-state index < -0.39 is 0 Å². The maximum absolute atomic E-state index is 10.6. The van der Waals surface area contributed by atoms with E-state index in [9.17, 15) is 4.79 Å². The Kier molecular flexibility index (Phi) is 5.93. The van der Waals surface area contributed by atoms with Gasteiger partial charge >= 0.3 is 0 Å². The third-order valence-electron chi connectivity index (χ3n) is 1.64. The number of rotatable bonds is 6. The Balaban J connectivity index is 3.31. The van der Waals surface area contributed by atoms with Crippen molar-refractivity contribution in [2.45, 2.75) is 32.8 Å². The van der Waals surface area contributed by atoms with E-state index in [1.165, 1.54) is 0 Å². The highest BCUT2D eigenvalue weighted by Crippen LogP contribution is 1.95. The number of hydrogen-bond donors (Lipinski definition) is 1. The van der Waals surface area contributed by atoms with Crippen molar-refractivity contribution < 1.29 is 9.90 Å². The molecule has 3 nitrogen and oxygen atoms in total. The van der Waals surface area contributed by atoms with Crippen LogP contribution in [0.25, 0.3) is 0 Å². The molecule has 0 aromatic rings. The third-order valence-corrected chi connectivity index (χ3v) is 1.64. The summed E-state index contributed by atoms with van der Waals surface area (Å²) < 4.78 is 0. The van der Waals surface area contributed by atoms with E-state index in [1.54, 1.807) is 13.8 Å². The van der Waals surface area contributed by atoms with E-state index in [4.69, 9.17) is 5.11 Å². The monoisotopic (exact) mass is 173 g/mol. The highest BCUT2D eigenvalue weighted by Gasteiger charge is 2.02. The first-order chi connectivity index (χ1) is 5.52.